The topological polar surface area (TPSA) is 32.3 Å². The number of thioether (sulfide) groups is 1. The zero-order valence-electron chi connectivity index (χ0n) is 11.2. The summed E-state index contributed by atoms with van der Waals surface area (Å²) in [6.07, 6.45) is 6.54. The zero-order valence-corrected chi connectivity index (χ0v) is 12.9. The summed E-state index contributed by atoms with van der Waals surface area (Å²) in [5, 5.41) is 5.75. The predicted molar refractivity (Wildman–Crippen MR) is 81.5 cm³/mol. The first kappa shape index (κ1) is 13.5. The van der Waals surface area contributed by atoms with Gasteiger partial charge in [-0.15, -0.1) is 11.3 Å². The standard InChI is InChI=1S/C14H20N2OS2/c1-18-10-8-16-12(11-5-4-9-19-11)15-14(13(16)17)6-2-3-7-14/h4-5,9,12,15H,2-3,6-8,10H2,1H3. The molecule has 104 valence electrons. The maximum Gasteiger partial charge on any atom is 0.244 e. The molecule has 1 aliphatic heterocycles. The van der Waals surface area contributed by atoms with Crippen LogP contribution in [-0.2, 0) is 4.79 Å². The molecule has 1 spiro atoms. The Bertz CT molecular complexity index is 440. The molecule has 3 rings (SSSR count). The van der Waals surface area contributed by atoms with Crippen LogP contribution in [0.1, 0.15) is 36.7 Å². The normalized spacial score (nSPS) is 25.6. The quantitative estimate of drug-likeness (QED) is 0.927. The first-order chi connectivity index (χ1) is 9.27. The van der Waals surface area contributed by atoms with E-state index in [1.165, 1.54) is 17.7 Å². The third-order valence-corrected chi connectivity index (χ3v) is 5.72. The SMILES string of the molecule is CSCCN1C(=O)C2(CCCC2)NC1c1cccs1. The van der Waals surface area contributed by atoms with Gasteiger partial charge in [-0.05, 0) is 30.5 Å². The van der Waals surface area contributed by atoms with Gasteiger partial charge in [0.15, 0.2) is 0 Å². The van der Waals surface area contributed by atoms with Crippen molar-refractivity contribution in [3.05, 3.63) is 22.4 Å². The molecule has 2 heterocycles. The Morgan fingerprint density at radius 2 is 2.32 bits per heavy atom. The van der Waals surface area contributed by atoms with Gasteiger partial charge < -0.3 is 4.90 Å². The fraction of sp³-hybridized carbons (Fsp3) is 0.643. The summed E-state index contributed by atoms with van der Waals surface area (Å²) in [7, 11) is 0. The number of nitrogens with zero attached hydrogens (tertiary/aromatic N) is 1. The van der Waals surface area contributed by atoms with Crippen LogP contribution in [0.25, 0.3) is 0 Å². The van der Waals surface area contributed by atoms with Crippen LogP contribution < -0.4 is 5.32 Å². The molecule has 1 aliphatic carbocycles. The Morgan fingerprint density at radius 1 is 1.53 bits per heavy atom. The van der Waals surface area contributed by atoms with Crippen molar-refractivity contribution in [2.45, 2.75) is 37.4 Å². The van der Waals surface area contributed by atoms with E-state index in [-0.39, 0.29) is 11.7 Å². The Balaban J connectivity index is 1.86. The lowest BCUT2D eigenvalue weighted by molar-refractivity contribution is -0.132. The molecule has 0 aromatic carbocycles. The molecule has 5 heteroatoms. The maximum absolute atomic E-state index is 12.8. The molecule has 1 amide bonds. The van der Waals surface area contributed by atoms with Crippen molar-refractivity contribution in [3.63, 3.8) is 0 Å². The van der Waals surface area contributed by atoms with Gasteiger partial charge in [0.2, 0.25) is 5.91 Å². The molecule has 1 unspecified atom stereocenters. The van der Waals surface area contributed by atoms with Crippen LogP contribution in [0.15, 0.2) is 17.5 Å². The summed E-state index contributed by atoms with van der Waals surface area (Å²) >= 11 is 3.54. The predicted octanol–water partition coefficient (Wildman–Crippen LogP) is 2.85. The molecular weight excluding hydrogens is 276 g/mol. The fourth-order valence-electron chi connectivity index (χ4n) is 3.22. The molecule has 1 N–H and O–H groups in total. The van der Waals surface area contributed by atoms with E-state index in [0.29, 0.717) is 5.91 Å². The molecular formula is C14H20N2OS2. The number of hydrogen-bond acceptors (Lipinski definition) is 4. The second-order valence-electron chi connectivity index (χ2n) is 5.34. The van der Waals surface area contributed by atoms with Crippen molar-refractivity contribution < 1.29 is 4.79 Å². The number of hydrogen-bond donors (Lipinski definition) is 1. The summed E-state index contributed by atoms with van der Waals surface area (Å²) in [6, 6.07) is 4.20. The average molecular weight is 296 g/mol. The van der Waals surface area contributed by atoms with Gasteiger partial charge in [0.1, 0.15) is 6.17 Å². The van der Waals surface area contributed by atoms with E-state index in [1.54, 1.807) is 23.1 Å². The lowest BCUT2D eigenvalue weighted by Crippen LogP contribution is -2.44. The molecule has 1 aromatic heterocycles. The van der Waals surface area contributed by atoms with Gasteiger partial charge in [-0.25, -0.2) is 0 Å². The lowest BCUT2D eigenvalue weighted by atomic mass is 9.98. The molecule has 1 atom stereocenters. The second kappa shape index (κ2) is 5.46. The van der Waals surface area contributed by atoms with Gasteiger partial charge in [-0.2, -0.15) is 11.8 Å². The highest BCUT2D eigenvalue weighted by atomic mass is 32.2. The largest absolute Gasteiger partial charge is 0.320 e. The molecule has 0 bridgehead atoms. The molecule has 1 aromatic rings. The number of nitrogens with one attached hydrogen (secondary N) is 1. The summed E-state index contributed by atoms with van der Waals surface area (Å²) in [5.74, 6) is 1.34. The minimum atomic E-state index is -0.257. The van der Waals surface area contributed by atoms with Gasteiger partial charge in [0.25, 0.3) is 0 Å². The van der Waals surface area contributed by atoms with E-state index in [9.17, 15) is 4.79 Å². The van der Waals surface area contributed by atoms with Gasteiger partial charge in [-0.3, -0.25) is 10.1 Å². The van der Waals surface area contributed by atoms with E-state index in [1.807, 2.05) is 0 Å². The monoisotopic (exact) mass is 296 g/mol. The van der Waals surface area contributed by atoms with Crippen molar-refractivity contribution in [3.8, 4) is 0 Å². The van der Waals surface area contributed by atoms with Gasteiger partial charge >= 0.3 is 0 Å². The highest BCUT2D eigenvalue weighted by Crippen LogP contribution is 2.41. The van der Waals surface area contributed by atoms with Crippen molar-refractivity contribution >= 4 is 29.0 Å². The summed E-state index contributed by atoms with van der Waals surface area (Å²) in [5.41, 5.74) is -0.257. The number of thiophene rings is 1. The average Bonchev–Trinajstić information content (AvgIpc) is 3.13. The van der Waals surface area contributed by atoms with Crippen molar-refractivity contribution in [1.29, 1.82) is 0 Å². The van der Waals surface area contributed by atoms with Crippen LogP contribution in [0.4, 0.5) is 0 Å². The Hall–Kier alpha value is -0.520. The molecule has 1 saturated carbocycles. The highest BCUT2D eigenvalue weighted by Gasteiger charge is 2.52. The summed E-state index contributed by atoms with van der Waals surface area (Å²) < 4.78 is 0. The van der Waals surface area contributed by atoms with E-state index < -0.39 is 0 Å². The van der Waals surface area contributed by atoms with Gasteiger partial charge in [-0.1, -0.05) is 18.9 Å². The number of amides is 1. The number of carbonyl (C=O) groups is 1. The van der Waals surface area contributed by atoms with Crippen LogP contribution in [0.2, 0.25) is 0 Å². The van der Waals surface area contributed by atoms with Crippen LogP contribution in [0.3, 0.4) is 0 Å². The third-order valence-electron chi connectivity index (χ3n) is 4.20. The minimum Gasteiger partial charge on any atom is -0.320 e. The summed E-state index contributed by atoms with van der Waals surface area (Å²) in [4.78, 5) is 16.1. The van der Waals surface area contributed by atoms with Crippen LogP contribution in [0.5, 0.6) is 0 Å². The molecule has 1 saturated heterocycles. The van der Waals surface area contributed by atoms with Crippen molar-refractivity contribution in [2.75, 3.05) is 18.6 Å². The van der Waals surface area contributed by atoms with E-state index in [2.05, 4.69) is 34.0 Å². The Labute approximate surface area is 122 Å². The van der Waals surface area contributed by atoms with Crippen LogP contribution >= 0.6 is 23.1 Å². The van der Waals surface area contributed by atoms with Crippen molar-refractivity contribution in [1.82, 2.24) is 10.2 Å². The van der Waals surface area contributed by atoms with E-state index >= 15 is 0 Å². The molecule has 0 radical (unpaired) electrons. The molecule has 19 heavy (non-hydrogen) atoms. The Kier molecular flexibility index (Phi) is 3.87. The van der Waals surface area contributed by atoms with Crippen LogP contribution in [-0.4, -0.2) is 34.9 Å². The van der Waals surface area contributed by atoms with Crippen molar-refractivity contribution in [2.24, 2.45) is 0 Å². The molecule has 2 fully saturated rings. The zero-order chi connectivity index (χ0) is 13.3. The molecule has 3 nitrogen and oxygen atoms in total. The Morgan fingerprint density at radius 3 is 2.95 bits per heavy atom. The summed E-state index contributed by atoms with van der Waals surface area (Å²) in [6.45, 7) is 0.845. The van der Waals surface area contributed by atoms with Gasteiger partial charge in [0, 0.05) is 17.2 Å². The number of rotatable bonds is 4. The smallest absolute Gasteiger partial charge is 0.244 e. The van der Waals surface area contributed by atoms with Crippen LogP contribution in [0, 0.1) is 0 Å². The van der Waals surface area contributed by atoms with E-state index in [0.717, 1.165) is 25.1 Å². The number of carbonyl (C=O) groups excluding carboxylic acids is 1. The van der Waals surface area contributed by atoms with Gasteiger partial charge in [0.05, 0.1) is 5.54 Å². The fourth-order valence-corrected chi connectivity index (χ4v) is 4.39. The third kappa shape index (κ3) is 2.32. The molecule has 2 aliphatic rings. The second-order valence-corrected chi connectivity index (χ2v) is 7.31. The minimum absolute atomic E-state index is 0.0951. The maximum atomic E-state index is 12.8. The highest BCUT2D eigenvalue weighted by molar-refractivity contribution is 7.98. The lowest BCUT2D eigenvalue weighted by Gasteiger charge is -2.22. The van der Waals surface area contributed by atoms with E-state index in [4.69, 9.17) is 0 Å². The first-order valence-corrected chi connectivity index (χ1v) is 9.15. The first-order valence-electron chi connectivity index (χ1n) is 6.88.